The molecule has 3 nitrogen and oxygen atoms in total. The lowest BCUT2D eigenvalue weighted by atomic mass is 10.3. The van der Waals surface area contributed by atoms with Gasteiger partial charge in [-0.3, -0.25) is 0 Å². The molecule has 0 saturated carbocycles. The van der Waals surface area contributed by atoms with Gasteiger partial charge in [-0.2, -0.15) is 0 Å². The van der Waals surface area contributed by atoms with Gasteiger partial charge in [-0.05, 0) is 24.3 Å². The average molecular weight is 286 g/mol. The van der Waals surface area contributed by atoms with Gasteiger partial charge in [0.1, 0.15) is 5.82 Å². The molecule has 0 atom stereocenters. The Labute approximate surface area is 123 Å². The van der Waals surface area contributed by atoms with Crippen LogP contribution < -0.4 is 5.32 Å². The number of nitrogens with one attached hydrogen (secondary N) is 1. The van der Waals surface area contributed by atoms with E-state index >= 15 is 0 Å². The summed E-state index contributed by atoms with van der Waals surface area (Å²) in [4.78, 5) is 4.66. The minimum absolute atomic E-state index is 0.660. The highest BCUT2D eigenvalue weighted by Crippen LogP contribution is 2.22. The van der Waals surface area contributed by atoms with E-state index in [1.54, 1.807) is 0 Å². The first-order valence-corrected chi connectivity index (χ1v) is 7.10. The average Bonchev–Trinajstić information content (AvgIpc) is 2.84. The third kappa shape index (κ3) is 2.37. The molecule has 1 N–H and O–H groups in total. The zero-order valence-electron chi connectivity index (χ0n) is 11.3. The molecule has 4 heteroatoms. The summed E-state index contributed by atoms with van der Waals surface area (Å²) in [6.45, 7) is 2.78. The van der Waals surface area contributed by atoms with E-state index in [9.17, 15) is 0 Å². The fraction of sp³-hybridized carbons (Fsp3) is 0.188. The monoisotopic (exact) mass is 285 g/mol. The molecule has 102 valence electrons. The number of nitrogens with zero attached hydrogens (tertiary/aromatic N) is 2. The summed E-state index contributed by atoms with van der Waals surface area (Å²) >= 11 is 6.17. The first-order chi connectivity index (χ1) is 9.79. The smallest absolute Gasteiger partial charge is 0.111 e. The molecule has 0 amide bonds. The van der Waals surface area contributed by atoms with E-state index in [0.29, 0.717) is 6.67 Å². The second kappa shape index (κ2) is 5.55. The minimum atomic E-state index is 0.660. The Balaban J connectivity index is 1.92. The van der Waals surface area contributed by atoms with Crippen LogP contribution in [0, 0.1) is 0 Å². The number of fused-ring (bicyclic) bond motifs is 1. The Kier molecular flexibility index (Phi) is 3.61. The first-order valence-electron chi connectivity index (χ1n) is 6.72. The molecule has 3 rings (SSSR count). The van der Waals surface area contributed by atoms with Gasteiger partial charge >= 0.3 is 0 Å². The van der Waals surface area contributed by atoms with E-state index in [1.165, 1.54) is 0 Å². The van der Waals surface area contributed by atoms with E-state index in [-0.39, 0.29) is 0 Å². The molecule has 0 saturated heterocycles. The number of aromatic nitrogens is 2. The van der Waals surface area contributed by atoms with Gasteiger partial charge < -0.3 is 9.88 Å². The van der Waals surface area contributed by atoms with Crippen molar-refractivity contribution in [2.75, 3.05) is 5.32 Å². The molecule has 0 aliphatic carbocycles. The molecule has 0 aliphatic rings. The SMILES string of the molecule is CCc1nc2ccccc2n1CNc1ccccc1Cl. The number of aryl methyl sites for hydroxylation is 1. The molecular formula is C16H16ClN3. The lowest BCUT2D eigenvalue weighted by Gasteiger charge is -2.12. The van der Waals surface area contributed by atoms with E-state index in [4.69, 9.17) is 11.6 Å². The van der Waals surface area contributed by atoms with Gasteiger partial charge in [0, 0.05) is 6.42 Å². The summed E-state index contributed by atoms with van der Waals surface area (Å²) in [6, 6.07) is 16.0. The number of rotatable bonds is 4. The van der Waals surface area contributed by atoms with Crippen LogP contribution in [0.15, 0.2) is 48.5 Å². The van der Waals surface area contributed by atoms with Crippen molar-refractivity contribution in [3.05, 3.63) is 59.4 Å². The summed E-state index contributed by atoms with van der Waals surface area (Å²) < 4.78 is 2.19. The summed E-state index contributed by atoms with van der Waals surface area (Å²) in [5.41, 5.74) is 3.11. The predicted octanol–water partition coefficient (Wildman–Crippen LogP) is 4.32. The van der Waals surface area contributed by atoms with Crippen LogP contribution in [0.4, 0.5) is 5.69 Å². The van der Waals surface area contributed by atoms with Crippen LogP contribution in [0.1, 0.15) is 12.7 Å². The topological polar surface area (TPSA) is 29.9 Å². The van der Waals surface area contributed by atoms with Crippen molar-refractivity contribution in [3.63, 3.8) is 0 Å². The van der Waals surface area contributed by atoms with Gasteiger partial charge in [0.05, 0.1) is 28.4 Å². The Morgan fingerprint density at radius 3 is 2.65 bits per heavy atom. The van der Waals surface area contributed by atoms with Crippen molar-refractivity contribution in [1.29, 1.82) is 0 Å². The number of hydrogen-bond acceptors (Lipinski definition) is 2. The Morgan fingerprint density at radius 2 is 1.85 bits per heavy atom. The van der Waals surface area contributed by atoms with Gasteiger partial charge in [0.2, 0.25) is 0 Å². The van der Waals surface area contributed by atoms with E-state index in [2.05, 4.69) is 27.9 Å². The Morgan fingerprint density at radius 1 is 1.10 bits per heavy atom. The van der Waals surface area contributed by atoms with Crippen LogP contribution in [0.3, 0.4) is 0 Å². The predicted molar refractivity (Wildman–Crippen MR) is 84.2 cm³/mol. The second-order valence-electron chi connectivity index (χ2n) is 4.61. The summed E-state index contributed by atoms with van der Waals surface area (Å²) in [7, 11) is 0. The first kappa shape index (κ1) is 13.0. The number of halogens is 1. The summed E-state index contributed by atoms with van der Waals surface area (Å²) in [5.74, 6) is 1.07. The largest absolute Gasteiger partial charge is 0.366 e. The molecule has 0 unspecified atom stereocenters. The Hall–Kier alpha value is -2.00. The summed E-state index contributed by atoms with van der Waals surface area (Å²) in [5, 5.41) is 4.10. The zero-order valence-corrected chi connectivity index (χ0v) is 12.1. The molecular weight excluding hydrogens is 270 g/mol. The highest BCUT2D eigenvalue weighted by atomic mass is 35.5. The molecule has 3 aromatic rings. The fourth-order valence-corrected chi connectivity index (χ4v) is 2.54. The lowest BCUT2D eigenvalue weighted by Crippen LogP contribution is -2.11. The van der Waals surface area contributed by atoms with Crippen molar-refractivity contribution < 1.29 is 0 Å². The molecule has 0 aliphatic heterocycles. The van der Waals surface area contributed by atoms with E-state index in [1.807, 2.05) is 42.5 Å². The van der Waals surface area contributed by atoms with Crippen molar-refractivity contribution in [2.24, 2.45) is 0 Å². The van der Waals surface area contributed by atoms with Gasteiger partial charge in [-0.1, -0.05) is 42.8 Å². The van der Waals surface area contributed by atoms with Crippen LogP contribution >= 0.6 is 11.6 Å². The molecule has 0 radical (unpaired) electrons. The normalized spacial score (nSPS) is 10.9. The number of imidazole rings is 1. The highest BCUT2D eigenvalue weighted by Gasteiger charge is 2.08. The van der Waals surface area contributed by atoms with Crippen LogP contribution in [0.25, 0.3) is 11.0 Å². The van der Waals surface area contributed by atoms with Crippen LogP contribution in [0.2, 0.25) is 5.02 Å². The van der Waals surface area contributed by atoms with Crippen molar-refractivity contribution in [3.8, 4) is 0 Å². The molecule has 2 aromatic carbocycles. The van der Waals surface area contributed by atoms with Gasteiger partial charge in [-0.15, -0.1) is 0 Å². The third-order valence-electron chi connectivity index (χ3n) is 3.35. The molecule has 1 heterocycles. The van der Waals surface area contributed by atoms with Crippen molar-refractivity contribution in [2.45, 2.75) is 20.0 Å². The second-order valence-corrected chi connectivity index (χ2v) is 5.02. The standard InChI is InChI=1S/C16H16ClN3/c1-2-16-19-14-9-5-6-10-15(14)20(16)11-18-13-8-4-3-7-12(13)17/h3-10,18H,2,11H2,1H3. The molecule has 1 aromatic heterocycles. The van der Waals surface area contributed by atoms with Crippen molar-refractivity contribution >= 4 is 28.3 Å². The van der Waals surface area contributed by atoms with Gasteiger partial charge in [-0.25, -0.2) is 4.98 Å². The Bertz CT molecular complexity index is 733. The maximum Gasteiger partial charge on any atom is 0.111 e. The van der Waals surface area contributed by atoms with E-state index in [0.717, 1.165) is 34.0 Å². The molecule has 0 bridgehead atoms. The van der Waals surface area contributed by atoms with Crippen LogP contribution in [0.5, 0.6) is 0 Å². The quantitative estimate of drug-likeness (QED) is 0.773. The van der Waals surface area contributed by atoms with Crippen molar-refractivity contribution in [1.82, 2.24) is 9.55 Å². The van der Waals surface area contributed by atoms with Crippen LogP contribution in [-0.4, -0.2) is 9.55 Å². The van der Waals surface area contributed by atoms with Gasteiger partial charge in [0.15, 0.2) is 0 Å². The zero-order chi connectivity index (χ0) is 13.9. The fourth-order valence-electron chi connectivity index (χ4n) is 2.34. The molecule has 20 heavy (non-hydrogen) atoms. The summed E-state index contributed by atoms with van der Waals surface area (Å²) in [6.07, 6.45) is 0.902. The maximum atomic E-state index is 6.17. The minimum Gasteiger partial charge on any atom is -0.366 e. The van der Waals surface area contributed by atoms with E-state index < -0.39 is 0 Å². The van der Waals surface area contributed by atoms with Crippen LogP contribution in [-0.2, 0) is 13.1 Å². The maximum absolute atomic E-state index is 6.17. The number of para-hydroxylation sites is 3. The third-order valence-corrected chi connectivity index (χ3v) is 3.68. The highest BCUT2D eigenvalue weighted by molar-refractivity contribution is 6.33. The molecule has 0 spiro atoms. The number of hydrogen-bond donors (Lipinski definition) is 1. The molecule has 0 fully saturated rings. The number of benzene rings is 2. The van der Waals surface area contributed by atoms with Gasteiger partial charge in [0.25, 0.3) is 0 Å². The lowest BCUT2D eigenvalue weighted by molar-refractivity contribution is 0.736. The number of anilines is 1.